The Morgan fingerprint density at radius 2 is 2.19 bits per heavy atom. The molecule has 1 aliphatic heterocycles. The van der Waals surface area contributed by atoms with Gasteiger partial charge in [-0.3, -0.25) is 14.4 Å². The molecule has 8 nitrogen and oxygen atoms in total. The van der Waals surface area contributed by atoms with Crippen LogP contribution in [0.1, 0.15) is 35.2 Å². The maximum Gasteiger partial charge on any atom is 0.255 e. The van der Waals surface area contributed by atoms with Gasteiger partial charge < -0.3 is 25.1 Å². The summed E-state index contributed by atoms with van der Waals surface area (Å²) in [5, 5.41) is 5.11. The highest BCUT2D eigenvalue weighted by molar-refractivity contribution is 6.01. The van der Waals surface area contributed by atoms with Gasteiger partial charge in [-0.25, -0.2) is 0 Å². The Balaban J connectivity index is 2.13. The average molecular weight is 361 g/mol. The highest BCUT2D eigenvalue weighted by Gasteiger charge is 2.37. The Labute approximate surface area is 151 Å². The van der Waals surface area contributed by atoms with Crippen molar-refractivity contribution in [2.24, 2.45) is 0 Å². The normalized spacial score (nSPS) is 13.7. The Morgan fingerprint density at radius 3 is 2.88 bits per heavy atom. The number of nitrogens with zero attached hydrogens (tertiary/aromatic N) is 1. The standard InChI is InChI=1S/C18H23N3O5/c1-19-17(24)15(6-3-9-22)21-11-14-13(18(21)25)5-2-7-16(14)26-10-4-8-20-12-23/h2,5,7,9,12,15H,3-4,6,8,10-11H2,1H3,(H,19,24)(H,20,23). The second-order valence-electron chi connectivity index (χ2n) is 5.86. The summed E-state index contributed by atoms with van der Waals surface area (Å²) in [6.45, 7) is 1.16. The van der Waals surface area contributed by atoms with Crippen LogP contribution in [-0.4, -0.2) is 55.7 Å². The maximum atomic E-state index is 12.7. The van der Waals surface area contributed by atoms with Gasteiger partial charge in [0.25, 0.3) is 5.91 Å². The van der Waals surface area contributed by atoms with E-state index in [0.717, 1.165) is 11.8 Å². The Hall–Kier alpha value is -2.90. The quantitative estimate of drug-likeness (QED) is 0.434. The molecule has 0 radical (unpaired) electrons. The topological polar surface area (TPSA) is 105 Å². The van der Waals surface area contributed by atoms with E-state index in [1.807, 2.05) is 0 Å². The second kappa shape index (κ2) is 9.55. The van der Waals surface area contributed by atoms with Gasteiger partial charge in [-0.1, -0.05) is 6.07 Å². The minimum absolute atomic E-state index is 0.200. The largest absolute Gasteiger partial charge is 0.493 e. The van der Waals surface area contributed by atoms with E-state index in [4.69, 9.17) is 4.74 Å². The molecular weight excluding hydrogens is 338 g/mol. The summed E-state index contributed by atoms with van der Waals surface area (Å²) in [4.78, 5) is 47.3. The first-order valence-electron chi connectivity index (χ1n) is 8.52. The third-order valence-corrected chi connectivity index (χ3v) is 4.24. The van der Waals surface area contributed by atoms with Gasteiger partial charge in [0.1, 0.15) is 18.1 Å². The number of benzene rings is 1. The van der Waals surface area contributed by atoms with Crippen LogP contribution in [0.2, 0.25) is 0 Å². The monoisotopic (exact) mass is 361 g/mol. The van der Waals surface area contributed by atoms with Crippen LogP contribution in [0.4, 0.5) is 0 Å². The number of rotatable bonds is 11. The molecule has 0 bridgehead atoms. The van der Waals surface area contributed by atoms with Crippen molar-refractivity contribution in [1.82, 2.24) is 15.5 Å². The van der Waals surface area contributed by atoms with E-state index >= 15 is 0 Å². The molecule has 1 unspecified atom stereocenters. The molecule has 26 heavy (non-hydrogen) atoms. The second-order valence-corrected chi connectivity index (χ2v) is 5.86. The van der Waals surface area contributed by atoms with Gasteiger partial charge in [-0.05, 0) is 25.0 Å². The number of amides is 3. The summed E-state index contributed by atoms with van der Waals surface area (Å²) < 4.78 is 5.75. The van der Waals surface area contributed by atoms with E-state index in [1.54, 1.807) is 18.2 Å². The fraction of sp³-hybridized carbons (Fsp3) is 0.444. The van der Waals surface area contributed by atoms with E-state index in [0.29, 0.717) is 37.3 Å². The molecular formula is C18H23N3O5. The molecule has 1 heterocycles. The number of nitrogens with one attached hydrogen (secondary N) is 2. The number of fused-ring (bicyclic) bond motifs is 1. The van der Waals surface area contributed by atoms with Gasteiger partial charge >= 0.3 is 0 Å². The molecule has 3 amide bonds. The van der Waals surface area contributed by atoms with Gasteiger partial charge in [-0.15, -0.1) is 0 Å². The van der Waals surface area contributed by atoms with Gasteiger partial charge in [0.05, 0.1) is 13.2 Å². The number of carbonyl (C=O) groups is 4. The zero-order chi connectivity index (χ0) is 18.9. The number of ether oxygens (including phenoxy) is 1. The third kappa shape index (κ3) is 4.38. The number of aldehydes is 1. The molecule has 0 fully saturated rings. The van der Waals surface area contributed by atoms with Crippen LogP contribution < -0.4 is 15.4 Å². The summed E-state index contributed by atoms with van der Waals surface area (Å²) in [6.07, 6.45) is 2.49. The molecule has 1 aliphatic rings. The Morgan fingerprint density at radius 1 is 1.38 bits per heavy atom. The summed E-state index contributed by atoms with van der Waals surface area (Å²) >= 11 is 0. The summed E-state index contributed by atoms with van der Waals surface area (Å²) in [5.74, 6) is 0.0541. The lowest BCUT2D eigenvalue weighted by molar-refractivity contribution is -0.125. The molecule has 140 valence electrons. The molecule has 0 aliphatic carbocycles. The van der Waals surface area contributed by atoms with Gasteiger partial charge in [0, 0.05) is 31.1 Å². The van der Waals surface area contributed by atoms with Crippen LogP contribution in [0.3, 0.4) is 0 Å². The van der Waals surface area contributed by atoms with E-state index < -0.39 is 6.04 Å². The number of hydrogen-bond acceptors (Lipinski definition) is 5. The molecule has 2 N–H and O–H groups in total. The predicted molar refractivity (Wildman–Crippen MR) is 93.6 cm³/mol. The first kappa shape index (κ1) is 19.4. The number of carbonyl (C=O) groups excluding carboxylic acids is 4. The summed E-state index contributed by atoms with van der Waals surface area (Å²) in [5.41, 5.74) is 1.24. The molecule has 0 saturated carbocycles. The summed E-state index contributed by atoms with van der Waals surface area (Å²) in [7, 11) is 1.51. The predicted octanol–water partition coefficient (Wildman–Crippen LogP) is 0.251. The highest BCUT2D eigenvalue weighted by atomic mass is 16.5. The number of likely N-dealkylation sites (N-methyl/N-ethyl adjacent to an activating group) is 1. The Bertz CT molecular complexity index is 677. The average Bonchev–Trinajstić information content (AvgIpc) is 2.99. The SMILES string of the molecule is CNC(=O)C(CCC=O)N1Cc2c(OCCCNC=O)cccc2C1=O. The molecule has 2 rings (SSSR count). The summed E-state index contributed by atoms with van der Waals surface area (Å²) in [6, 6.07) is 4.52. The van der Waals surface area contributed by atoms with Gasteiger partial charge in [0.2, 0.25) is 12.3 Å². The molecule has 0 spiro atoms. The molecule has 1 aromatic carbocycles. The van der Waals surface area contributed by atoms with Crippen molar-refractivity contribution in [1.29, 1.82) is 0 Å². The van der Waals surface area contributed by atoms with Crippen molar-refractivity contribution in [3.63, 3.8) is 0 Å². The van der Waals surface area contributed by atoms with Crippen molar-refractivity contribution in [2.45, 2.75) is 31.8 Å². The Kier molecular flexibility index (Phi) is 7.13. The molecule has 1 aromatic rings. The zero-order valence-corrected chi connectivity index (χ0v) is 14.7. The molecule has 8 heteroatoms. The van der Waals surface area contributed by atoms with Crippen LogP contribution in [0.15, 0.2) is 18.2 Å². The fourth-order valence-corrected chi connectivity index (χ4v) is 2.95. The van der Waals surface area contributed by atoms with Crippen LogP contribution in [0.25, 0.3) is 0 Å². The van der Waals surface area contributed by atoms with Crippen molar-refractivity contribution in [3.05, 3.63) is 29.3 Å². The van der Waals surface area contributed by atoms with E-state index in [2.05, 4.69) is 10.6 Å². The zero-order valence-electron chi connectivity index (χ0n) is 14.7. The number of hydrogen-bond donors (Lipinski definition) is 2. The van der Waals surface area contributed by atoms with Crippen molar-refractivity contribution < 1.29 is 23.9 Å². The minimum Gasteiger partial charge on any atom is -0.493 e. The lowest BCUT2D eigenvalue weighted by atomic mass is 10.1. The smallest absolute Gasteiger partial charge is 0.255 e. The van der Waals surface area contributed by atoms with E-state index in [9.17, 15) is 19.2 Å². The van der Waals surface area contributed by atoms with E-state index in [-0.39, 0.29) is 31.2 Å². The first-order valence-corrected chi connectivity index (χ1v) is 8.52. The van der Waals surface area contributed by atoms with Crippen molar-refractivity contribution >= 4 is 24.5 Å². The third-order valence-electron chi connectivity index (χ3n) is 4.24. The van der Waals surface area contributed by atoms with Crippen molar-refractivity contribution in [2.75, 3.05) is 20.2 Å². The van der Waals surface area contributed by atoms with Crippen LogP contribution in [-0.2, 0) is 20.9 Å². The molecule has 0 aromatic heterocycles. The maximum absolute atomic E-state index is 12.7. The van der Waals surface area contributed by atoms with Crippen LogP contribution >= 0.6 is 0 Å². The van der Waals surface area contributed by atoms with Crippen molar-refractivity contribution in [3.8, 4) is 5.75 Å². The van der Waals surface area contributed by atoms with Gasteiger partial charge in [-0.2, -0.15) is 0 Å². The van der Waals surface area contributed by atoms with Crippen LogP contribution in [0.5, 0.6) is 5.75 Å². The van der Waals surface area contributed by atoms with Gasteiger partial charge in [0.15, 0.2) is 0 Å². The lowest BCUT2D eigenvalue weighted by Gasteiger charge is -2.25. The van der Waals surface area contributed by atoms with E-state index in [1.165, 1.54) is 11.9 Å². The fourth-order valence-electron chi connectivity index (χ4n) is 2.95. The highest BCUT2D eigenvalue weighted by Crippen LogP contribution is 2.33. The lowest BCUT2D eigenvalue weighted by Crippen LogP contribution is -2.46. The minimum atomic E-state index is -0.699. The molecule has 1 atom stereocenters. The molecule has 0 saturated heterocycles. The first-order chi connectivity index (χ1) is 12.6. The van der Waals surface area contributed by atoms with Crippen LogP contribution in [0, 0.1) is 0 Å².